The van der Waals surface area contributed by atoms with Gasteiger partial charge < -0.3 is 19.8 Å². The summed E-state index contributed by atoms with van der Waals surface area (Å²) in [5.74, 6) is -0.203. The molecule has 2 amide bonds. The molecule has 2 rings (SSSR count). The maximum absolute atomic E-state index is 11.9. The lowest BCUT2D eigenvalue weighted by Gasteiger charge is -2.13. The van der Waals surface area contributed by atoms with Crippen molar-refractivity contribution >= 4 is 17.5 Å². The number of carbonyl (C=O) groups excluding carboxylic acids is 2. The Balaban J connectivity index is 1.90. The van der Waals surface area contributed by atoms with Crippen LogP contribution in [0.15, 0.2) is 47.1 Å². The lowest BCUT2D eigenvalue weighted by Crippen LogP contribution is -2.41. The van der Waals surface area contributed by atoms with Gasteiger partial charge in [-0.2, -0.15) is 0 Å². The molecule has 1 aromatic carbocycles. The normalized spacial score (nSPS) is 11.5. The minimum atomic E-state index is -0.740. The molecule has 6 nitrogen and oxygen atoms in total. The summed E-state index contributed by atoms with van der Waals surface area (Å²) in [5.41, 5.74) is 0.448. The van der Waals surface area contributed by atoms with E-state index in [1.807, 2.05) is 6.07 Å². The van der Waals surface area contributed by atoms with Crippen LogP contribution in [0.1, 0.15) is 12.7 Å². The van der Waals surface area contributed by atoms with Crippen molar-refractivity contribution in [2.45, 2.75) is 19.4 Å². The van der Waals surface area contributed by atoms with Gasteiger partial charge in [0, 0.05) is 12.5 Å². The number of methoxy groups -OCH3 is 1. The van der Waals surface area contributed by atoms with Crippen molar-refractivity contribution in [3.63, 3.8) is 0 Å². The van der Waals surface area contributed by atoms with Crippen LogP contribution in [-0.2, 0) is 16.0 Å². The highest BCUT2D eigenvalue weighted by Crippen LogP contribution is 2.22. The molecule has 0 aliphatic heterocycles. The highest BCUT2D eigenvalue weighted by molar-refractivity contribution is 6.39. The van der Waals surface area contributed by atoms with E-state index in [2.05, 4.69) is 10.6 Å². The number of ether oxygens (including phenoxy) is 1. The van der Waals surface area contributed by atoms with Crippen molar-refractivity contribution < 1.29 is 18.7 Å². The Labute approximate surface area is 128 Å². The molecule has 22 heavy (non-hydrogen) atoms. The van der Waals surface area contributed by atoms with Gasteiger partial charge in [0.25, 0.3) is 0 Å². The Morgan fingerprint density at radius 2 is 1.95 bits per heavy atom. The molecule has 2 aromatic rings. The Kier molecular flexibility index (Phi) is 5.19. The minimum Gasteiger partial charge on any atom is -0.495 e. The third-order valence-corrected chi connectivity index (χ3v) is 3.03. The summed E-state index contributed by atoms with van der Waals surface area (Å²) >= 11 is 0. The largest absolute Gasteiger partial charge is 0.495 e. The molecule has 0 saturated carbocycles. The standard InChI is InChI=1S/C16H18N2O4/c1-11(10-12-6-5-9-22-12)17-15(19)16(20)18-13-7-3-4-8-14(13)21-2/h3-9,11H,10H2,1-2H3,(H,17,19)(H,18,20). The van der Waals surface area contributed by atoms with E-state index >= 15 is 0 Å². The summed E-state index contributed by atoms with van der Waals surface area (Å²) in [7, 11) is 1.50. The summed E-state index contributed by atoms with van der Waals surface area (Å²) in [6.45, 7) is 1.80. The van der Waals surface area contributed by atoms with Crippen molar-refractivity contribution in [3.05, 3.63) is 48.4 Å². The second-order valence-corrected chi connectivity index (χ2v) is 4.81. The van der Waals surface area contributed by atoms with Crippen LogP contribution in [0.3, 0.4) is 0 Å². The Bertz CT molecular complexity index is 637. The topological polar surface area (TPSA) is 80.6 Å². The molecule has 0 saturated heterocycles. The number of benzene rings is 1. The minimum absolute atomic E-state index is 0.220. The van der Waals surface area contributed by atoms with Crippen LogP contribution >= 0.6 is 0 Å². The van der Waals surface area contributed by atoms with Gasteiger partial charge in [-0.05, 0) is 31.2 Å². The molecular formula is C16H18N2O4. The van der Waals surface area contributed by atoms with Gasteiger partial charge in [-0.15, -0.1) is 0 Å². The van der Waals surface area contributed by atoms with Crippen molar-refractivity contribution in [1.82, 2.24) is 5.32 Å². The van der Waals surface area contributed by atoms with Crippen molar-refractivity contribution in [2.24, 2.45) is 0 Å². The van der Waals surface area contributed by atoms with Gasteiger partial charge in [0.15, 0.2) is 0 Å². The van der Waals surface area contributed by atoms with Gasteiger partial charge in [0.2, 0.25) is 0 Å². The lowest BCUT2D eigenvalue weighted by molar-refractivity contribution is -0.136. The Hall–Kier alpha value is -2.76. The average Bonchev–Trinajstić information content (AvgIpc) is 3.00. The zero-order chi connectivity index (χ0) is 15.9. The summed E-state index contributed by atoms with van der Waals surface area (Å²) in [6, 6.07) is 10.3. The first-order chi connectivity index (χ1) is 10.6. The van der Waals surface area contributed by atoms with E-state index in [1.165, 1.54) is 7.11 Å². The molecule has 0 bridgehead atoms. The molecule has 1 aromatic heterocycles. The van der Waals surface area contributed by atoms with Gasteiger partial charge >= 0.3 is 11.8 Å². The zero-order valence-corrected chi connectivity index (χ0v) is 12.5. The second-order valence-electron chi connectivity index (χ2n) is 4.81. The molecule has 0 fully saturated rings. The molecule has 116 valence electrons. The number of para-hydroxylation sites is 2. The van der Waals surface area contributed by atoms with Crippen LogP contribution in [0.25, 0.3) is 0 Å². The first kappa shape index (κ1) is 15.6. The van der Waals surface area contributed by atoms with E-state index in [-0.39, 0.29) is 6.04 Å². The third-order valence-electron chi connectivity index (χ3n) is 3.03. The van der Waals surface area contributed by atoms with E-state index in [0.29, 0.717) is 17.9 Å². The summed E-state index contributed by atoms with van der Waals surface area (Å²) in [5, 5.41) is 5.15. The first-order valence-electron chi connectivity index (χ1n) is 6.87. The fraction of sp³-hybridized carbons (Fsp3) is 0.250. The number of anilines is 1. The van der Waals surface area contributed by atoms with Gasteiger partial charge in [-0.25, -0.2) is 0 Å². The maximum atomic E-state index is 11.9. The highest BCUT2D eigenvalue weighted by Gasteiger charge is 2.18. The summed E-state index contributed by atoms with van der Waals surface area (Å²) < 4.78 is 10.3. The van der Waals surface area contributed by atoms with Crippen LogP contribution in [0.2, 0.25) is 0 Å². The molecule has 1 unspecified atom stereocenters. The fourth-order valence-electron chi connectivity index (χ4n) is 2.00. The second kappa shape index (κ2) is 7.31. The van der Waals surface area contributed by atoms with Crippen molar-refractivity contribution in [1.29, 1.82) is 0 Å². The van der Waals surface area contributed by atoms with Gasteiger partial charge in [-0.1, -0.05) is 12.1 Å². The molecule has 6 heteroatoms. The molecule has 1 atom stereocenters. The summed E-state index contributed by atoms with van der Waals surface area (Å²) in [4.78, 5) is 23.8. The predicted octanol–water partition coefficient (Wildman–Crippen LogP) is 1.97. The molecule has 2 N–H and O–H groups in total. The molecule has 0 spiro atoms. The number of rotatable bonds is 5. The van der Waals surface area contributed by atoms with Gasteiger partial charge in [0.05, 0.1) is 19.1 Å². The number of carbonyl (C=O) groups is 2. The van der Waals surface area contributed by atoms with Crippen molar-refractivity contribution in [2.75, 3.05) is 12.4 Å². The highest BCUT2D eigenvalue weighted by atomic mass is 16.5. The van der Waals surface area contributed by atoms with Gasteiger partial charge in [-0.3, -0.25) is 9.59 Å². The zero-order valence-electron chi connectivity index (χ0n) is 12.5. The number of nitrogens with one attached hydrogen (secondary N) is 2. The first-order valence-corrected chi connectivity index (χ1v) is 6.87. The molecule has 0 aliphatic rings. The van der Waals surface area contributed by atoms with E-state index < -0.39 is 11.8 Å². The molecular weight excluding hydrogens is 284 g/mol. The Morgan fingerprint density at radius 1 is 1.18 bits per heavy atom. The SMILES string of the molecule is COc1ccccc1NC(=O)C(=O)NC(C)Cc1ccco1. The van der Waals surface area contributed by atoms with Gasteiger partial charge in [0.1, 0.15) is 11.5 Å². The molecule has 0 radical (unpaired) electrons. The fourth-order valence-corrected chi connectivity index (χ4v) is 2.00. The van der Waals surface area contributed by atoms with E-state index in [1.54, 1.807) is 43.5 Å². The van der Waals surface area contributed by atoms with Crippen LogP contribution in [-0.4, -0.2) is 25.0 Å². The van der Waals surface area contributed by atoms with Crippen LogP contribution < -0.4 is 15.4 Å². The van der Waals surface area contributed by atoms with Crippen LogP contribution in [0.5, 0.6) is 5.75 Å². The van der Waals surface area contributed by atoms with Crippen molar-refractivity contribution in [3.8, 4) is 5.75 Å². The number of amides is 2. The Morgan fingerprint density at radius 3 is 2.64 bits per heavy atom. The van der Waals surface area contributed by atoms with E-state index in [9.17, 15) is 9.59 Å². The van der Waals surface area contributed by atoms with E-state index in [4.69, 9.17) is 9.15 Å². The third kappa shape index (κ3) is 4.12. The van der Waals surface area contributed by atoms with Crippen LogP contribution in [0.4, 0.5) is 5.69 Å². The summed E-state index contributed by atoms with van der Waals surface area (Å²) in [6.07, 6.45) is 2.08. The average molecular weight is 302 g/mol. The van der Waals surface area contributed by atoms with E-state index in [0.717, 1.165) is 5.76 Å². The molecule has 0 aliphatic carbocycles. The maximum Gasteiger partial charge on any atom is 0.313 e. The number of hydrogen-bond acceptors (Lipinski definition) is 4. The monoisotopic (exact) mass is 302 g/mol. The number of hydrogen-bond donors (Lipinski definition) is 2. The predicted molar refractivity (Wildman–Crippen MR) is 81.6 cm³/mol. The smallest absolute Gasteiger partial charge is 0.313 e. The quantitative estimate of drug-likeness (QED) is 0.828. The van der Waals surface area contributed by atoms with Crippen LogP contribution in [0, 0.1) is 0 Å². The number of furan rings is 1. The lowest BCUT2D eigenvalue weighted by atomic mass is 10.2. The molecule has 1 heterocycles.